The normalized spacial score (nSPS) is 13.3. The highest BCUT2D eigenvalue weighted by molar-refractivity contribution is 7.27. The van der Waals surface area contributed by atoms with Crippen LogP contribution < -0.4 is 5.30 Å². The molecule has 1 aromatic rings. The number of hydrogen-bond acceptors (Lipinski definition) is 0. The van der Waals surface area contributed by atoms with E-state index in [9.17, 15) is 22.0 Å². The van der Waals surface area contributed by atoms with Crippen LogP contribution in [0.2, 0.25) is 0 Å². The molecule has 0 N–H and O–H groups in total. The van der Waals surface area contributed by atoms with Crippen molar-refractivity contribution in [2.24, 2.45) is 5.92 Å². The van der Waals surface area contributed by atoms with Gasteiger partial charge in [-0.2, -0.15) is 0 Å². The molecule has 0 radical (unpaired) electrons. The van der Waals surface area contributed by atoms with Gasteiger partial charge in [0.05, 0.1) is 0 Å². The van der Waals surface area contributed by atoms with Gasteiger partial charge in [0.2, 0.25) is 0 Å². The Morgan fingerprint density at radius 2 is 1.31 bits per heavy atom. The summed E-state index contributed by atoms with van der Waals surface area (Å²) in [6.07, 6.45) is -1.89. The summed E-state index contributed by atoms with van der Waals surface area (Å²) in [5.41, 5.74) is -0.781. The lowest BCUT2D eigenvalue weighted by Gasteiger charge is -2.16. The third kappa shape index (κ3) is 2.05. The minimum Gasteiger partial charge on any atom is -0.242 e. The Kier molecular flexibility index (Phi) is 3.89. The van der Waals surface area contributed by atoms with Crippen LogP contribution >= 0.6 is 9.24 Å². The molecule has 16 heavy (non-hydrogen) atoms. The molecule has 0 saturated heterocycles. The van der Waals surface area contributed by atoms with E-state index in [4.69, 9.17) is 0 Å². The zero-order valence-corrected chi connectivity index (χ0v) is 9.78. The fourth-order valence-electron chi connectivity index (χ4n) is 1.27. The van der Waals surface area contributed by atoms with Gasteiger partial charge in [-0.1, -0.05) is 13.8 Å². The van der Waals surface area contributed by atoms with Gasteiger partial charge in [-0.25, -0.2) is 22.0 Å². The molecule has 0 fully saturated rings. The SMILES string of the molecule is CC(C)C(F)c1c(F)c(F)c(F)c(F)c1P. The minimum absolute atomic E-state index is 0.613. The van der Waals surface area contributed by atoms with Gasteiger partial charge in [-0.15, -0.1) is 9.24 Å². The molecule has 0 aliphatic rings. The van der Waals surface area contributed by atoms with Crippen LogP contribution in [0.25, 0.3) is 0 Å². The fraction of sp³-hybridized carbons (Fsp3) is 0.400. The Balaban J connectivity index is 3.51. The van der Waals surface area contributed by atoms with Crippen molar-refractivity contribution in [3.8, 4) is 0 Å². The molecule has 0 aliphatic carbocycles. The maximum absolute atomic E-state index is 13.6. The van der Waals surface area contributed by atoms with Crippen LogP contribution in [0.5, 0.6) is 0 Å². The van der Waals surface area contributed by atoms with Crippen molar-refractivity contribution >= 4 is 14.5 Å². The molecule has 0 heterocycles. The van der Waals surface area contributed by atoms with Crippen molar-refractivity contribution in [3.05, 3.63) is 28.8 Å². The number of alkyl halides is 1. The van der Waals surface area contributed by atoms with Gasteiger partial charge in [0.15, 0.2) is 23.3 Å². The van der Waals surface area contributed by atoms with E-state index < -0.39 is 46.2 Å². The summed E-state index contributed by atoms with van der Waals surface area (Å²) < 4.78 is 65.6. The van der Waals surface area contributed by atoms with E-state index in [2.05, 4.69) is 0 Å². The molecule has 0 bridgehead atoms. The van der Waals surface area contributed by atoms with E-state index in [1.165, 1.54) is 13.8 Å². The van der Waals surface area contributed by atoms with Crippen molar-refractivity contribution < 1.29 is 22.0 Å². The largest absolute Gasteiger partial charge is 0.242 e. The Morgan fingerprint density at radius 1 is 0.875 bits per heavy atom. The second-order valence-corrected chi connectivity index (χ2v) is 4.31. The summed E-state index contributed by atoms with van der Waals surface area (Å²) in [5.74, 6) is -7.84. The molecule has 2 atom stereocenters. The Labute approximate surface area is 92.0 Å². The second kappa shape index (κ2) is 4.66. The van der Waals surface area contributed by atoms with Crippen LogP contribution in [0, 0.1) is 29.2 Å². The maximum atomic E-state index is 13.6. The smallest absolute Gasteiger partial charge is 0.198 e. The topological polar surface area (TPSA) is 0 Å². The van der Waals surface area contributed by atoms with E-state index >= 15 is 0 Å². The van der Waals surface area contributed by atoms with E-state index in [-0.39, 0.29) is 0 Å². The summed E-state index contributed by atoms with van der Waals surface area (Å²) in [7, 11) is 1.69. The first-order chi connectivity index (χ1) is 7.29. The Hall–Kier alpha value is -0.700. The second-order valence-electron chi connectivity index (χ2n) is 3.73. The number of hydrogen-bond donors (Lipinski definition) is 0. The summed E-state index contributed by atoms with van der Waals surface area (Å²) in [6.45, 7) is 2.85. The first-order valence-corrected chi connectivity index (χ1v) is 5.12. The summed E-state index contributed by atoms with van der Waals surface area (Å²) >= 11 is 0. The van der Waals surface area contributed by atoms with Gasteiger partial charge in [-0.3, -0.25) is 0 Å². The molecule has 0 nitrogen and oxygen atoms in total. The van der Waals surface area contributed by atoms with Crippen molar-refractivity contribution in [1.82, 2.24) is 0 Å². The predicted molar refractivity (Wildman–Crippen MR) is 54.3 cm³/mol. The van der Waals surface area contributed by atoms with Crippen LogP contribution in [0.4, 0.5) is 22.0 Å². The lowest BCUT2D eigenvalue weighted by molar-refractivity contribution is 0.250. The number of rotatable bonds is 2. The molecular weight excluding hydrogens is 246 g/mol. The molecule has 2 unspecified atom stereocenters. The molecule has 90 valence electrons. The average molecular weight is 256 g/mol. The van der Waals surface area contributed by atoms with E-state index in [1.54, 1.807) is 9.24 Å². The van der Waals surface area contributed by atoms with Crippen molar-refractivity contribution in [2.75, 3.05) is 0 Å². The Bertz CT molecular complexity index is 387. The van der Waals surface area contributed by atoms with E-state index in [0.29, 0.717) is 0 Å². The minimum atomic E-state index is -1.98. The molecule has 1 aromatic carbocycles. The highest BCUT2D eigenvalue weighted by atomic mass is 31.0. The van der Waals surface area contributed by atoms with E-state index in [0.717, 1.165) is 0 Å². The molecule has 6 heteroatoms. The van der Waals surface area contributed by atoms with Crippen LogP contribution in [0.3, 0.4) is 0 Å². The maximum Gasteiger partial charge on any atom is 0.198 e. The summed E-state index contributed by atoms with van der Waals surface area (Å²) in [6, 6.07) is 0. The highest BCUT2D eigenvalue weighted by Gasteiger charge is 2.29. The molecular formula is C10H10F5P. The monoisotopic (exact) mass is 256 g/mol. The van der Waals surface area contributed by atoms with E-state index in [1.807, 2.05) is 0 Å². The molecule has 0 amide bonds. The van der Waals surface area contributed by atoms with Crippen LogP contribution in [0.1, 0.15) is 25.6 Å². The van der Waals surface area contributed by atoms with Gasteiger partial charge in [-0.05, 0) is 5.92 Å². The number of halogens is 5. The van der Waals surface area contributed by atoms with Crippen molar-refractivity contribution in [1.29, 1.82) is 0 Å². The van der Waals surface area contributed by atoms with Gasteiger partial charge >= 0.3 is 0 Å². The lowest BCUT2D eigenvalue weighted by atomic mass is 9.99. The molecule has 0 spiro atoms. The zero-order chi connectivity index (χ0) is 12.6. The number of benzene rings is 1. The van der Waals surface area contributed by atoms with Gasteiger partial charge in [0.25, 0.3) is 0 Å². The van der Waals surface area contributed by atoms with Crippen molar-refractivity contribution in [3.63, 3.8) is 0 Å². The third-order valence-electron chi connectivity index (χ3n) is 2.20. The first-order valence-electron chi connectivity index (χ1n) is 4.54. The lowest BCUT2D eigenvalue weighted by Crippen LogP contribution is -2.19. The highest BCUT2D eigenvalue weighted by Crippen LogP contribution is 2.30. The van der Waals surface area contributed by atoms with Gasteiger partial charge < -0.3 is 0 Å². The first kappa shape index (κ1) is 13.4. The van der Waals surface area contributed by atoms with Crippen LogP contribution in [-0.2, 0) is 0 Å². The predicted octanol–water partition coefficient (Wildman–Crippen LogP) is 3.41. The third-order valence-corrected chi connectivity index (χ3v) is 2.77. The summed E-state index contributed by atoms with van der Waals surface area (Å²) in [4.78, 5) is 0. The fourth-order valence-corrected chi connectivity index (χ4v) is 1.68. The van der Waals surface area contributed by atoms with Crippen LogP contribution in [-0.4, -0.2) is 0 Å². The Morgan fingerprint density at radius 3 is 1.75 bits per heavy atom. The molecule has 1 rings (SSSR count). The molecule has 0 aliphatic heterocycles. The zero-order valence-electron chi connectivity index (χ0n) is 8.62. The standard InChI is InChI=1S/C10H10F5P/c1-3(2)5(11)4-6(12)7(13)8(14)9(15)10(4)16/h3,5H,16H2,1-2H3. The van der Waals surface area contributed by atoms with Gasteiger partial charge in [0.1, 0.15) is 6.17 Å². The van der Waals surface area contributed by atoms with Crippen molar-refractivity contribution in [2.45, 2.75) is 20.0 Å². The summed E-state index contributed by atoms with van der Waals surface area (Å²) in [5, 5.41) is -0.613. The van der Waals surface area contributed by atoms with Gasteiger partial charge in [0, 0.05) is 10.9 Å². The average Bonchev–Trinajstić information content (AvgIpc) is 2.23. The quantitative estimate of drug-likeness (QED) is 0.329. The van der Waals surface area contributed by atoms with Crippen LogP contribution in [0.15, 0.2) is 0 Å². The molecule has 0 saturated carbocycles. The molecule has 0 aromatic heterocycles.